The summed E-state index contributed by atoms with van der Waals surface area (Å²) in [4.78, 5) is 51.6. The molecule has 2 aliphatic rings. The van der Waals surface area contributed by atoms with Crippen LogP contribution in [0, 0.1) is 11.8 Å². The number of imide groups is 1. The van der Waals surface area contributed by atoms with Crippen molar-refractivity contribution in [2.75, 3.05) is 20.7 Å². The molecule has 27 heavy (non-hydrogen) atoms. The fourth-order valence-corrected chi connectivity index (χ4v) is 3.87. The van der Waals surface area contributed by atoms with E-state index < -0.39 is 5.97 Å². The predicted octanol–water partition coefficient (Wildman–Crippen LogP) is 1.61. The largest absolute Gasteiger partial charge is 0.465 e. The van der Waals surface area contributed by atoms with E-state index in [9.17, 15) is 19.2 Å². The molecule has 1 aliphatic carbocycles. The molecule has 0 spiro atoms. The molecule has 2 atom stereocenters. The predicted molar refractivity (Wildman–Crippen MR) is 96.4 cm³/mol. The molecule has 0 unspecified atom stereocenters. The van der Waals surface area contributed by atoms with Crippen LogP contribution >= 0.6 is 0 Å². The molecule has 144 valence electrons. The Balaban J connectivity index is 1.60. The van der Waals surface area contributed by atoms with Crippen molar-refractivity contribution in [1.29, 1.82) is 0 Å². The Morgan fingerprint density at radius 2 is 1.63 bits per heavy atom. The van der Waals surface area contributed by atoms with E-state index in [1.807, 2.05) is 0 Å². The van der Waals surface area contributed by atoms with Crippen molar-refractivity contribution < 1.29 is 23.9 Å². The first-order valence-corrected chi connectivity index (χ1v) is 9.19. The molecule has 1 aromatic rings. The van der Waals surface area contributed by atoms with Crippen LogP contribution in [0.25, 0.3) is 0 Å². The lowest BCUT2D eigenvalue weighted by Crippen LogP contribution is -2.41. The molecule has 0 bridgehead atoms. The lowest BCUT2D eigenvalue weighted by atomic mass is 9.81. The normalized spacial score (nSPS) is 21.8. The van der Waals surface area contributed by atoms with Gasteiger partial charge >= 0.3 is 5.97 Å². The molecule has 1 saturated carbocycles. The van der Waals surface area contributed by atoms with Crippen molar-refractivity contribution >= 4 is 23.7 Å². The van der Waals surface area contributed by atoms with Gasteiger partial charge in [-0.1, -0.05) is 25.0 Å². The van der Waals surface area contributed by atoms with Gasteiger partial charge < -0.3 is 9.64 Å². The lowest BCUT2D eigenvalue weighted by Gasteiger charge is -2.21. The van der Waals surface area contributed by atoms with Gasteiger partial charge in [-0.15, -0.1) is 0 Å². The summed E-state index contributed by atoms with van der Waals surface area (Å²) in [6, 6.07) is 6.77. The van der Waals surface area contributed by atoms with E-state index in [2.05, 4.69) is 4.74 Å². The van der Waals surface area contributed by atoms with Gasteiger partial charge in [-0.3, -0.25) is 19.3 Å². The average molecular weight is 372 g/mol. The van der Waals surface area contributed by atoms with E-state index in [0.29, 0.717) is 12.1 Å². The minimum atomic E-state index is -0.418. The molecule has 7 nitrogen and oxygen atoms in total. The number of amides is 3. The summed E-state index contributed by atoms with van der Waals surface area (Å²) < 4.78 is 4.66. The highest BCUT2D eigenvalue weighted by atomic mass is 16.5. The number of methoxy groups -OCH3 is 1. The van der Waals surface area contributed by atoms with Gasteiger partial charge in [0.25, 0.3) is 0 Å². The first-order chi connectivity index (χ1) is 12.9. The SMILES string of the molecule is COC(=O)c1ccc(CN(C)C(=O)CN2C(=O)[C@H]3CCCC[C@@H]3C2=O)cc1. The zero-order valence-corrected chi connectivity index (χ0v) is 15.6. The standard InChI is InChI=1S/C20H24N2O5/c1-21(11-13-7-9-14(10-8-13)20(26)27-2)17(23)12-22-18(24)15-5-3-4-6-16(15)19(22)25/h7-10,15-16H,3-6,11-12H2,1-2H3/t15-,16-/m0/s1. The number of rotatable bonds is 5. The number of likely N-dealkylation sites (tertiary alicyclic amines) is 1. The molecule has 1 saturated heterocycles. The van der Waals surface area contributed by atoms with Crippen molar-refractivity contribution in [2.45, 2.75) is 32.2 Å². The quantitative estimate of drug-likeness (QED) is 0.579. The summed E-state index contributed by atoms with van der Waals surface area (Å²) in [5.74, 6) is -1.58. The summed E-state index contributed by atoms with van der Waals surface area (Å²) >= 11 is 0. The molecule has 2 fully saturated rings. The van der Waals surface area contributed by atoms with Gasteiger partial charge in [0.15, 0.2) is 0 Å². The molecular weight excluding hydrogens is 348 g/mol. The van der Waals surface area contributed by atoms with Gasteiger partial charge in [0.2, 0.25) is 17.7 Å². The zero-order valence-electron chi connectivity index (χ0n) is 15.6. The average Bonchev–Trinajstić information content (AvgIpc) is 2.93. The van der Waals surface area contributed by atoms with E-state index >= 15 is 0 Å². The Hall–Kier alpha value is -2.70. The molecule has 0 aromatic heterocycles. The molecule has 0 N–H and O–H groups in total. The fourth-order valence-electron chi connectivity index (χ4n) is 3.87. The second-order valence-corrected chi connectivity index (χ2v) is 7.20. The highest BCUT2D eigenvalue weighted by Crippen LogP contribution is 2.37. The van der Waals surface area contributed by atoms with Gasteiger partial charge in [-0.2, -0.15) is 0 Å². The number of benzene rings is 1. The number of carbonyl (C=O) groups excluding carboxylic acids is 4. The minimum Gasteiger partial charge on any atom is -0.465 e. The number of ether oxygens (including phenoxy) is 1. The number of nitrogens with zero attached hydrogens (tertiary/aromatic N) is 2. The Kier molecular flexibility index (Phi) is 5.58. The summed E-state index contributed by atoms with van der Waals surface area (Å²) in [7, 11) is 2.95. The highest BCUT2D eigenvalue weighted by Gasteiger charge is 2.48. The van der Waals surface area contributed by atoms with Crippen LogP contribution in [0.5, 0.6) is 0 Å². The third-order valence-corrected chi connectivity index (χ3v) is 5.45. The monoisotopic (exact) mass is 372 g/mol. The van der Waals surface area contributed by atoms with Crippen molar-refractivity contribution in [1.82, 2.24) is 9.80 Å². The Morgan fingerprint density at radius 1 is 1.07 bits per heavy atom. The molecule has 1 aromatic carbocycles. The molecule has 1 aliphatic heterocycles. The van der Waals surface area contributed by atoms with Crippen LogP contribution < -0.4 is 0 Å². The van der Waals surface area contributed by atoms with Crippen molar-refractivity contribution in [3.63, 3.8) is 0 Å². The van der Waals surface area contributed by atoms with Gasteiger partial charge in [0, 0.05) is 13.6 Å². The maximum atomic E-state index is 12.5. The number of likely N-dealkylation sites (N-methyl/N-ethyl adjacent to an activating group) is 1. The molecule has 0 radical (unpaired) electrons. The third kappa shape index (κ3) is 3.86. The van der Waals surface area contributed by atoms with E-state index in [0.717, 1.165) is 36.1 Å². The van der Waals surface area contributed by atoms with E-state index in [-0.39, 0.29) is 36.1 Å². The molecule has 1 heterocycles. The van der Waals surface area contributed by atoms with Crippen LogP contribution in [0.4, 0.5) is 0 Å². The van der Waals surface area contributed by atoms with Gasteiger partial charge in [0.1, 0.15) is 6.54 Å². The van der Waals surface area contributed by atoms with E-state index in [1.165, 1.54) is 12.0 Å². The maximum absolute atomic E-state index is 12.5. The number of hydrogen-bond donors (Lipinski definition) is 0. The summed E-state index contributed by atoms with van der Waals surface area (Å²) in [6.45, 7) is 0.116. The van der Waals surface area contributed by atoms with Crippen LogP contribution in [-0.4, -0.2) is 54.2 Å². The lowest BCUT2D eigenvalue weighted by molar-refractivity contribution is -0.146. The smallest absolute Gasteiger partial charge is 0.337 e. The number of carbonyl (C=O) groups is 4. The first-order valence-electron chi connectivity index (χ1n) is 9.19. The fraction of sp³-hybridized carbons (Fsp3) is 0.500. The first kappa shape index (κ1) is 19.1. The van der Waals surface area contributed by atoms with Gasteiger partial charge in [0.05, 0.1) is 24.5 Å². The van der Waals surface area contributed by atoms with Gasteiger partial charge in [-0.25, -0.2) is 4.79 Å². The third-order valence-electron chi connectivity index (χ3n) is 5.45. The summed E-state index contributed by atoms with van der Waals surface area (Å²) in [5, 5.41) is 0. The summed E-state index contributed by atoms with van der Waals surface area (Å²) in [6.07, 6.45) is 3.40. The van der Waals surface area contributed by atoms with Crippen LogP contribution in [0.15, 0.2) is 24.3 Å². The van der Waals surface area contributed by atoms with Crippen molar-refractivity contribution in [3.05, 3.63) is 35.4 Å². The maximum Gasteiger partial charge on any atom is 0.337 e. The molecule has 3 amide bonds. The number of fused-ring (bicyclic) bond motifs is 1. The molecule has 3 rings (SSSR count). The second kappa shape index (κ2) is 7.90. The Morgan fingerprint density at radius 3 is 2.15 bits per heavy atom. The Labute approximate surface area is 158 Å². The van der Waals surface area contributed by atoms with Crippen molar-refractivity contribution in [2.24, 2.45) is 11.8 Å². The molecule has 7 heteroatoms. The minimum absolute atomic E-state index is 0.200. The second-order valence-electron chi connectivity index (χ2n) is 7.20. The molecular formula is C20H24N2O5. The van der Waals surface area contributed by atoms with Crippen LogP contribution in [0.3, 0.4) is 0 Å². The Bertz CT molecular complexity index is 734. The topological polar surface area (TPSA) is 84.0 Å². The highest BCUT2D eigenvalue weighted by molar-refractivity contribution is 6.07. The number of hydrogen-bond acceptors (Lipinski definition) is 5. The van der Waals surface area contributed by atoms with Gasteiger partial charge in [-0.05, 0) is 30.5 Å². The summed E-state index contributed by atoms with van der Waals surface area (Å²) in [5.41, 5.74) is 1.28. The van der Waals surface area contributed by atoms with Crippen LogP contribution in [-0.2, 0) is 25.7 Å². The zero-order chi connectivity index (χ0) is 19.6. The van der Waals surface area contributed by atoms with E-state index in [4.69, 9.17) is 0 Å². The number of esters is 1. The van der Waals surface area contributed by atoms with Crippen LogP contribution in [0.2, 0.25) is 0 Å². The van der Waals surface area contributed by atoms with Crippen molar-refractivity contribution in [3.8, 4) is 0 Å². The van der Waals surface area contributed by atoms with E-state index in [1.54, 1.807) is 31.3 Å². The van der Waals surface area contributed by atoms with Crippen LogP contribution in [0.1, 0.15) is 41.6 Å².